The predicted octanol–water partition coefficient (Wildman–Crippen LogP) is 2.72. The lowest BCUT2D eigenvalue weighted by atomic mass is 10.2. The van der Waals surface area contributed by atoms with Gasteiger partial charge in [-0.05, 0) is 36.1 Å². The summed E-state index contributed by atoms with van der Waals surface area (Å²) in [5, 5.41) is 4.29. The third-order valence-corrected chi connectivity index (χ3v) is 4.36. The van der Waals surface area contributed by atoms with Crippen LogP contribution in [0.2, 0.25) is 0 Å². The van der Waals surface area contributed by atoms with Crippen LogP contribution >= 0.6 is 11.3 Å². The summed E-state index contributed by atoms with van der Waals surface area (Å²) in [4.78, 5) is 26.4. The molecule has 2 aromatic rings. The summed E-state index contributed by atoms with van der Waals surface area (Å²) in [6.45, 7) is 2.16. The maximum atomic E-state index is 13.5. The molecule has 0 radical (unpaired) electrons. The molecule has 0 aliphatic rings. The lowest BCUT2D eigenvalue weighted by Gasteiger charge is -2.17. The fourth-order valence-corrected chi connectivity index (χ4v) is 2.89. The van der Waals surface area contributed by atoms with Gasteiger partial charge in [-0.25, -0.2) is 8.78 Å². The fraction of sp³-hybridized carbons (Fsp3) is 0.250. The highest BCUT2D eigenvalue weighted by molar-refractivity contribution is 7.10. The van der Waals surface area contributed by atoms with E-state index in [0.717, 1.165) is 22.6 Å². The molecule has 0 saturated carbocycles. The van der Waals surface area contributed by atoms with E-state index < -0.39 is 17.5 Å². The number of carbonyl (C=O) groups is 2. The van der Waals surface area contributed by atoms with Crippen molar-refractivity contribution in [3.63, 3.8) is 0 Å². The first-order chi connectivity index (χ1) is 10.9. The Labute approximate surface area is 136 Å². The molecule has 7 heteroatoms. The number of hydrogen-bond donors (Lipinski definition) is 1. The van der Waals surface area contributed by atoms with E-state index in [1.54, 1.807) is 18.4 Å². The van der Waals surface area contributed by atoms with Gasteiger partial charge >= 0.3 is 0 Å². The van der Waals surface area contributed by atoms with Gasteiger partial charge in [0.1, 0.15) is 11.6 Å². The molecule has 23 heavy (non-hydrogen) atoms. The molecule has 122 valence electrons. The maximum absolute atomic E-state index is 13.5. The average molecular weight is 338 g/mol. The zero-order chi connectivity index (χ0) is 17.0. The number of nitrogens with zero attached hydrogens (tertiary/aromatic N) is 1. The zero-order valence-electron chi connectivity index (χ0n) is 12.7. The molecule has 4 nitrogen and oxygen atoms in total. The predicted molar refractivity (Wildman–Crippen MR) is 84.2 cm³/mol. The number of nitrogens with one attached hydrogen (secondary N) is 1. The molecule has 0 unspecified atom stereocenters. The van der Waals surface area contributed by atoms with Gasteiger partial charge in [-0.15, -0.1) is 11.3 Å². The van der Waals surface area contributed by atoms with Crippen molar-refractivity contribution in [1.82, 2.24) is 10.2 Å². The first-order valence-corrected chi connectivity index (χ1v) is 7.76. The highest BCUT2D eigenvalue weighted by atomic mass is 32.1. The molecule has 0 saturated heterocycles. The molecular formula is C16H16F2N2O2S. The molecular weight excluding hydrogens is 322 g/mol. The van der Waals surface area contributed by atoms with E-state index in [9.17, 15) is 18.4 Å². The number of likely N-dealkylation sites (N-methyl/N-ethyl adjacent to an activating group) is 1. The van der Waals surface area contributed by atoms with Crippen molar-refractivity contribution in [2.45, 2.75) is 13.5 Å². The number of benzene rings is 1. The number of rotatable bonds is 5. The minimum atomic E-state index is -0.961. The number of amides is 2. The van der Waals surface area contributed by atoms with Crippen molar-refractivity contribution in [3.05, 3.63) is 57.3 Å². The van der Waals surface area contributed by atoms with Crippen molar-refractivity contribution in [3.8, 4) is 0 Å². The number of halogens is 2. The van der Waals surface area contributed by atoms with E-state index in [4.69, 9.17) is 0 Å². The van der Waals surface area contributed by atoms with E-state index in [1.807, 2.05) is 18.4 Å². The first-order valence-electron chi connectivity index (χ1n) is 6.88. The van der Waals surface area contributed by atoms with Gasteiger partial charge in [-0.2, -0.15) is 0 Å². The highest BCUT2D eigenvalue weighted by Gasteiger charge is 2.16. The average Bonchev–Trinajstić information content (AvgIpc) is 2.89. The number of hydrogen-bond acceptors (Lipinski definition) is 3. The molecule has 2 amide bonds. The molecule has 0 aliphatic heterocycles. The molecule has 0 bridgehead atoms. The van der Waals surface area contributed by atoms with Gasteiger partial charge in [0.05, 0.1) is 18.7 Å². The summed E-state index contributed by atoms with van der Waals surface area (Å²) in [5.41, 5.74) is 0.808. The second-order valence-corrected chi connectivity index (χ2v) is 6.08. The van der Waals surface area contributed by atoms with Gasteiger partial charge in [-0.1, -0.05) is 0 Å². The summed E-state index contributed by atoms with van der Waals surface area (Å²) in [6, 6.07) is 4.63. The normalized spacial score (nSPS) is 10.4. The lowest BCUT2D eigenvalue weighted by Crippen LogP contribution is -2.38. The van der Waals surface area contributed by atoms with E-state index in [-0.39, 0.29) is 18.0 Å². The lowest BCUT2D eigenvalue weighted by molar-refractivity contribution is -0.129. The molecule has 1 heterocycles. The number of carbonyl (C=O) groups excluding carboxylic acids is 2. The summed E-state index contributed by atoms with van der Waals surface area (Å²) in [7, 11) is 1.63. The Morgan fingerprint density at radius 3 is 2.61 bits per heavy atom. The van der Waals surface area contributed by atoms with Crippen LogP contribution in [0.1, 0.15) is 20.8 Å². The van der Waals surface area contributed by atoms with Crippen molar-refractivity contribution < 1.29 is 18.4 Å². The third-order valence-electron chi connectivity index (χ3n) is 3.35. The third kappa shape index (κ3) is 4.35. The van der Waals surface area contributed by atoms with E-state index >= 15 is 0 Å². The Morgan fingerprint density at radius 2 is 2.00 bits per heavy atom. The molecule has 1 N–H and O–H groups in total. The first kappa shape index (κ1) is 17.1. The summed E-state index contributed by atoms with van der Waals surface area (Å²) < 4.78 is 26.3. The van der Waals surface area contributed by atoms with Crippen LogP contribution in [0.25, 0.3) is 0 Å². The molecule has 0 atom stereocenters. The quantitative estimate of drug-likeness (QED) is 0.911. The Bertz CT molecular complexity index is 731. The van der Waals surface area contributed by atoms with Crippen LogP contribution in [-0.2, 0) is 11.3 Å². The van der Waals surface area contributed by atoms with Crippen LogP contribution < -0.4 is 5.32 Å². The van der Waals surface area contributed by atoms with Crippen molar-refractivity contribution in [2.75, 3.05) is 13.6 Å². The molecule has 0 fully saturated rings. The Balaban J connectivity index is 1.90. The Hall–Kier alpha value is -2.28. The van der Waals surface area contributed by atoms with Gasteiger partial charge < -0.3 is 10.2 Å². The standard InChI is InChI=1S/C16H16F2N2O2S/c1-10-5-6-23-14(10)9-20(2)15(21)8-19-16(22)12-4-3-11(17)7-13(12)18/h3-7H,8-9H2,1-2H3,(H,19,22). The van der Waals surface area contributed by atoms with Crippen molar-refractivity contribution in [1.29, 1.82) is 0 Å². The Kier molecular flexibility index (Phi) is 5.44. The van der Waals surface area contributed by atoms with Gasteiger partial charge in [0.15, 0.2) is 0 Å². The van der Waals surface area contributed by atoms with Gasteiger partial charge in [0.25, 0.3) is 5.91 Å². The van der Waals surface area contributed by atoms with Gasteiger partial charge in [0, 0.05) is 18.0 Å². The van der Waals surface area contributed by atoms with Gasteiger partial charge in [-0.3, -0.25) is 9.59 Å². The van der Waals surface area contributed by atoms with Crippen LogP contribution in [-0.4, -0.2) is 30.3 Å². The minimum absolute atomic E-state index is 0.253. The summed E-state index contributed by atoms with van der Waals surface area (Å²) in [6.07, 6.45) is 0. The molecule has 0 aliphatic carbocycles. The minimum Gasteiger partial charge on any atom is -0.343 e. The molecule has 1 aromatic heterocycles. The van der Waals surface area contributed by atoms with Crippen LogP contribution in [0.3, 0.4) is 0 Å². The fourth-order valence-electron chi connectivity index (χ4n) is 1.93. The second-order valence-electron chi connectivity index (χ2n) is 5.08. The molecule has 2 rings (SSSR count). The van der Waals surface area contributed by atoms with Crippen LogP contribution in [0.4, 0.5) is 8.78 Å². The van der Waals surface area contributed by atoms with Crippen molar-refractivity contribution in [2.24, 2.45) is 0 Å². The van der Waals surface area contributed by atoms with Crippen molar-refractivity contribution >= 4 is 23.2 Å². The largest absolute Gasteiger partial charge is 0.343 e. The molecule has 1 aromatic carbocycles. The molecule has 0 spiro atoms. The summed E-state index contributed by atoms with van der Waals surface area (Å²) in [5.74, 6) is -2.77. The number of thiophene rings is 1. The monoisotopic (exact) mass is 338 g/mol. The van der Waals surface area contributed by atoms with Crippen LogP contribution in [0.5, 0.6) is 0 Å². The SMILES string of the molecule is Cc1ccsc1CN(C)C(=O)CNC(=O)c1ccc(F)cc1F. The van der Waals surface area contributed by atoms with E-state index in [1.165, 1.54) is 4.90 Å². The van der Waals surface area contributed by atoms with Gasteiger partial charge in [0.2, 0.25) is 5.91 Å². The Morgan fingerprint density at radius 1 is 1.26 bits per heavy atom. The van der Waals surface area contributed by atoms with Crippen LogP contribution in [0.15, 0.2) is 29.6 Å². The van der Waals surface area contributed by atoms with E-state index in [0.29, 0.717) is 12.6 Å². The second kappa shape index (κ2) is 7.32. The number of aryl methyl sites for hydroxylation is 1. The zero-order valence-corrected chi connectivity index (χ0v) is 13.5. The van der Waals surface area contributed by atoms with E-state index in [2.05, 4.69) is 5.32 Å². The van der Waals surface area contributed by atoms with Crippen LogP contribution in [0, 0.1) is 18.6 Å². The highest BCUT2D eigenvalue weighted by Crippen LogP contribution is 2.17. The smallest absolute Gasteiger partial charge is 0.254 e. The topological polar surface area (TPSA) is 49.4 Å². The summed E-state index contributed by atoms with van der Waals surface area (Å²) >= 11 is 1.55. The maximum Gasteiger partial charge on any atom is 0.254 e.